The highest BCUT2D eigenvalue weighted by Crippen LogP contribution is 2.31. The van der Waals surface area contributed by atoms with Crippen LogP contribution in [0.15, 0.2) is 36.4 Å². The lowest BCUT2D eigenvalue weighted by Crippen LogP contribution is -2.29. The molecule has 2 N–H and O–H groups in total. The lowest BCUT2D eigenvalue weighted by atomic mass is 9.83. The molecular weight excluding hydrogens is 504 g/mol. The molecule has 0 aromatic heterocycles. The van der Waals surface area contributed by atoms with E-state index < -0.39 is 0 Å². The van der Waals surface area contributed by atoms with Gasteiger partial charge in [-0.15, -0.1) is 0 Å². The third-order valence-corrected chi connectivity index (χ3v) is 8.29. The molecule has 8 heteroatoms. The summed E-state index contributed by atoms with van der Waals surface area (Å²) in [4.78, 5) is 56.6. The second-order valence-corrected chi connectivity index (χ2v) is 11.3. The quantitative estimate of drug-likeness (QED) is 0.420. The minimum Gasteiger partial charge on any atom is -0.326 e. The molecule has 2 saturated heterocycles. The molecule has 3 aliphatic rings. The van der Waals surface area contributed by atoms with Gasteiger partial charge in [0.25, 0.3) is 0 Å². The van der Waals surface area contributed by atoms with E-state index >= 15 is 0 Å². The van der Waals surface area contributed by atoms with E-state index in [4.69, 9.17) is 0 Å². The predicted octanol–water partition coefficient (Wildman–Crippen LogP) is 4.87. The molecule has 2 heterocycles. The van der Waals surface area contributed by atoms with Crippen LogP contribution >= 0.6 is 0 Å². The number of hydrogen-bond acceptors (Lipinski definition) is 6. The number of anilines is 2. The zero-order valence-electron chi connectivity index (χ0n) is 23.3. The van der Waals surface area contributed by atoms with E-state index in [-0.39, 0.29) is 34.5 Å². The molecular formula is C32H40N4O4. The van der Waals surface area contributed by atoms with Crippen molar-refractivity contribution in [3.05, 3.63) is 58.7 Å². The van der Waals surface area contributed by atoms with Crippen LogP contribution in [-0.2, 0) is 9.59 Å². The number of likely N-dealkylation sites (tertiary alicyclic amines) is 2. The molecule has 0 saturated carbocycles. The Balaban J connectivity index is 1.21. The van der Waals surface area contributed by atoms with Crippen LogP contribution < -0.4 is 10.6 Å². The maximum atomic E-state index is 13.5. The van der Waals surface area contributed by atoms with Crippen molar-refractivity contribution in [1.82, 2.24) is 9.80 Å². The second-order valence-electron chi connectivity index (χ2n) is 11.3. The van der Waals surface area contributed by atoms with Crippen molar-refractivity contribution >= 4 is 34.8 Å². The summed E-state index contributed by atoms with van der Waals surface area (Å²) in [6, 6.07) is 9.77. The summed E-state index contributed by atoms with van der Waals surface area (Å²) in [5.41, 5.74) is 2.20. The zero-order chi connectivity index (χ0) is 27.9. The Hall–Kier alpha value is -3.36. The highest BCUT2D eigenvalue weighted by atomic mass is 16.2. The first-order valence-corrected chi connectivity index (χ1v) is 14.9. The van der Waals surface area contributed by atoms with Gasteiger partial charge >= 0.3 is 0 Å². The fourth-order valence-corrected chi connectivity index (χ4v) is 5.99. The molecule has 2 aliphatic heterocycles. The third-order valence-electron chi connectivity index (χ3n) is 8.29. The summed E-state index contributed by atoms with van der Waals surface area (Å²) in [6.07, 6.45) is 10.5. The molecule has 2 aromatic rings. The van der Waals surface area contributed by atoms with Crippen LogP contribution in [0, 0.1) is 0 Å². The average molecular weight is 545 g/mol. The van der Waals surface area contributed by atoms with Gasteiger partial charge in [0.15, 0.2) is 11.6 Å². The van der Waals surface area contributed by atoms with Gasteiger partial charge < -0.3 is 20.4 Å². The molecule has 5 rings (SSSR count). The lowest BCUT2D eigenvalue weighted by Gasteiger charge is -2.21. The van der Waals surface area contributed by atoms with Gasteiger partial charge in [0.2, 0.25) is 11.8 Å². The first-order valence-electron chi connectivity index (χ1n) is 14.9. The van der Waals surface area contributed by atoms with Crippen LogP contribution in [0.3, 0.4) is 0 Å². The Kier molecular flexibility index (Phi) is 9.39. The van der Waals surface area contributed by atoms with Crippen LogP contribution in [0.5, 0.6) is 0 Å². The Morgan fingerprint density at radius 3 is 1.32 bits per heavy atom. The minimum absolute atomic E-state index is 0.107. The molecule has 0 spiro atoms. The summed E-state index contributed by atoms with van der Waals surface area (Å²) < 4.78 is 0. The number of amides is 2. The molecule has 0 atom stereocenters. The SMILES string of the molecule is O=C(CCN1CCCCCC1)Nc1ccc2c(c1)C(=O)c1cc(NC(=O)CCN3CCCCCC3)ccc1C2=O. The number of benzene rings is 2. The predicted molar refractivity (Wildman–Crippen MR) is 156 cm³/mol. The van der Waals surface area contributed by atoms with Crippen molar-refractivity contribution in [2.75, 3.05) is 49.9 Å². The highest BCUT2D eigenvalue weighted by molar-refractivity contribution is 6.29. The van der Waals surface area contributed by atoms with Gasteiger partial charge in [-0.25, -0.2) is 0 Å². The van der Waals surface area contributed by atoms with E-state index in [9.17, 15) is 19.2 Å². The lowest BCUT2D eigenvalue weighted by molar-refractivity contribution is -0.117. The van der Waals surface area contributed by atoms with Gasteiger partial charge in [-0.1, -0.05) is 25.7 Å². The number of nitrogens with one attached hydrogen (secondary N) is 2. The Bertz CT molecular complexity index is 1160. The number of carbonyl (C=O) groups excluding carboxylic acids is 4. The molecule has 0 bridgehead atoms. The summed E-state index contributed by atoms with van der Waals surface area (Å²) >= 11 is 0. The number of nitrogens with zero attached hydrogens (tertiary/aromatic N) is 2. The summed E-state index contributed by atoms with van der Waals surface area (Å²) in [6.45, 7) is 5.56. The van der Waals surface area contributed by atoms with Crippen LogP contribution in [0.1, 0.15) is 96.1 Å². The number of carbonyl (C=O) groups is 4. The van der Waals surface area contributed by atoms with Crippen molar-refractivity contribution < 1.29 is 19.2 Å². The minimum atomic E-state index is -0.286. The molecule has 8 nitrogen and oxygen atoms in total. The van der Waals surface area contributed by atoms with Crippen LogP contribution in [0.2, 0.25) is 0 Å². The van der Waals surface area contributed by atoms with E-state index in [2.05, 4.69) is 20.4 Å². The average Bonchev–Trinajstić information content (AvgIpc) is 3.39. The molecule has 2 fully saturated rings. The van der Waals surface area contributed by atoms with Gasteiger partial charge in [0, 0.05) is 59.6 Å². The van der Waals surface area contributed by atoms with Crippen LogP contribution in [-0.4, -0.2) is 72.4 Å². The molecule has 40 heavy (non-hydrogen) atoms. The van der Waals surface area contributed by atoms with Crippen molar-refractivity contribution in [2.45, 2.75) is 64.2 Å². The summed E-state index contributed by atoms with van der Waals surface area (Å²) in [5, 5.41) is 5.80. The molecule has 212 valence electrons. The van der Waals surface area contributed by atoms with Crippen LogP contribution in [0.4, 0.5) is 11.4 Å². The fraction of sp³-hybridized carbons (Fsp3) is 0.500. The Morgan fingerprint density at radius 1 is 0.550 bits per heavy atom. The van der Waals surface area contributed by atoms with Crippen LogP contribution in [0.25, 0.3) is 0 Å². The highest BCUT2D eigenvalue weighted by Gasteiger charge is 2.30. The van der Waals surface area contributed by atoms with Gasteiger partial charge in [-0.2, -0.15) is 0 Å². The fourth-order valence-electron chi connectivity index (χ4n) is 5.99. The first-order chi connectivity index (χ1) is 19.5. The normalized spacial score (nSPS) is 18.3. The summed E-state index contributed by atoms with van der Waals surface area (Å²) in [5.74, 6) is -0.734. The monoisotopic (exact) mass is 544 g/mol. The number of hydrogen-bond donors (Lipinski definition) is 2. The topological polar surface area (TPSA) is 98.8 Å². The molecule has 1 aliphatic carbocycles. The maximum absolute atomic E-state index is 13.5. The van der Waals surface area contributed by atoms with Gasteiger partial charge in [-0.3, -0.25) is 19.2 Å². The third kappa shape index (κ3) is 7.04. The number of ketones is 2. The number of rotatable bonds is 8. The van der Waals surface area contributed by atoms with E-state index in [0.29, 0.717) is 48.4 Å². The Morgan fingerprint density at radius 2 is 0.925 bits per heavy atom. The largest absolute Gasteiger partial charge is 0.326 e. The van der Waals surface area contributed by atoms with Crippen molar-refractivity contribution in [3.8, 4) is 0 Å². The molecule has 2 aromatic carbocycles. The van der Waals surface area contributed by atoms with Gasteiger partial charge in [0.1, 0.15) is 0 Å². The van der Waals surface area contributed by atoms with Crippen molar-refractivity contribution in [2.24, 2.45) is 0 Å². The smallest absolute Gasteiger partial charge is 0.225 e. The second kappa shape index (κ2) is 13.3. The number of fused-ring (bicyclic) bond motifs is 2. The molecule has 0 unspecified atom stereocenters. The van der Waals surface area contributed by atoms with E-state index in [1.807, 2.05) is 0 Å². The molecule has 2 amide bonds. The Labute approximate surface area is 236 Å². The standard InChI is InChI=1S/C32H40N4O4/c37-29(13-19-35-15-5-1-2-6-16-35)33-23-9-11-25-27(21-23)32(40)28-22-24(10-12-26(28)31(25)39)34-30(38)14-20-36-17-7-3-4-8-18-36/h9-12,21-22H,1-8,13-20H2,(H,33,37)(H,34,38). The maximum Gasteiger partial charge on any atom is 0.225 e. The van der Waals surface area contributed by atoms with E-state index in [0.717, 1.165) is 26.2 Å². The van der Waals surface area contributed by atoms with Crippen molar-refractivity contribution in [3.63, 3.8) is 0 Å². The summed E-state index contributed by atoms with van der Waals surface area (Å²) in [7, 11) is 0. The first kappa shape index (κ1) is 28.2. The van der Waals surface area contributed by atoms with Crippen molar-refractivity contribution in [1.29, 1.82) is 0 Å². The van der Waals surface area contributed by atoms with E-state index in [1.54, 1.807) is 36.4 Å². The van der Waals surface area contributed by atoms with Gasteiger partial charge in [0.05, 0.1) is 0 Å². The van der Waals surface area contributed by atoms with Gasteiger partial charge in [-0.05, 0) is 88.3 Å². The van der Waals surface area contributed by atoms with E-state index in [1.165, 1.54) is 51.4 Å². The molecule has 0 radical (unpaired) electrons. The zero-order valence-corrected chi connectivity index (χ0v) is 23.3.